The van der Waals surface area contributed by atoms with E-state index in [0.717, 1.165) is 167 Å². The summed E-state index contributed by atoms with van der Waals surface area (Å²) in [7, 11) is -9.97. The number of carbonyl (C=O) groups excluding carboxylic acids is 4. The van der Waals surface area contributed by atoms with Gasteiger partial charge in [-0.3, -0.25) is 37.3 Å². The fourth-order valence-electron chi connectivity index (χ4n) is 10.0. The lowest BCUT2D eigenvalue weighted by Crippen LogP contribution is -2.30. The van der Waals surface area contributed by atoms with E-state index in [4.69, 9.17) is 37.0 Å². The van der Waals surface area contributed by atoms with Gasteiger partial charge in [0.1, 0.15) is 19.3 Å². The molecule has 17 nitrogen and oxygen atoms in total. The molecular formula is C81H138O17P2. The first-order chi connectivity index (χ1) is 48.7. The van der Waals surface area contributed by atoms with E-state index in [1.54, 1.807) is 0 Å². The fourth-order valence-corrected chi connectivity index (χ4v) is 11.6. The highest BCUT2D eigenvalue weighted by atomic mass is 31.2. The predicted octanol–water partition coefficient (Wildman–Crippen LogP) is 22.3. The molecular weight excluding hydrogens is 1310 g/mol. The zero-order valence-corrected chi connectivity index (χ0v) is 64.4. The molecule has 0 aliphatic heterocycles. The van der Waals surface area contributed by atoms with Crippen LogP contribution in [0.2, 0.25) is 0 Å². The monoisotopic (exact) mass is 1440 g/mol. The van der Waals surface area contributed by atoms with E-state index in [0.29, 0.717) is 32.1 Å². The van der Waals surface area contributed by atoms with E-state index in [2.05, 4.69) is 137 Å². The molecule has 0 amide bonds. The Morgan fingerprint density at radius 3 is 0.900 bits per heavy atom. The molecule has 19 heteroatoms. The maximum atomic E-state index is 13.1. The van der Waals surface area contributed by atoms with E-state index in [1.165, 1.54) is 57.8 Å². The number of carbonyl (C=O) groups is 4. The van der Waals surface area contributed by atoms with Crippen LogP contribution in [0.25, 0.3) is 0 Å². The summed E-state index contributed by atoms with van der Waals surface area (Å²) in [5.74, 6) is -2.27. The number of phosphoric ester groups is 2. The van der Waals surface area contributed by atoms with Crippen molar-refractivity contribution in [2.24, 2.45) is 0 Å². The van der Waals surface area contributed by atoms with Crippen molar-refractivity contribution in [3.63, 3.8) is 0 Å². The Labute approximate surface area is 606 Å². The summed E-state index contributed by atoms with van der Waals surface area (Å²) in [5, 5.41) is 10.6. The molecule has 5 unspecified atom stereocenters. The standard InChI is InChI=1S/C81H138O17P2/c1-5-9-13-17-21-25-29-32-34-36-37-39-41-44-47-50-54-58-62-66-79(84)92-72-77(98-81(86)68-64-60-56-52-48-42-31-27-23-19-15-11-7-3)74-96-100(89,90)94-70-75(82)69-93-99(87,88)95-73-76(97-80(85)67-63-59-55-51-45-28-24-20-16-12-8-4)71-91-78(83)65-61-57-53-49-46-43-40-38-35-33-30-26-22-18-14-10-6-2/h10,14-15,19,21-22,25-27,31-35,37,39-40,43,49,53,75-77,82H,5-9,11-13,16-18,20,23-24,28-30,36,38,41-42,44-48,50-52,54-74H2,1-4H3,(H,87,88)(H,89,90)/b14-10-,19-15-,25-21-,26-22-,31-27-,34-32-,35-33-,39-37-,43-40-,53-49-. The molecule has 0 heterocycles. The van der Waals surface area contributed by atoms with E-state index < -0.39 is 97.5 Å². The van der Waals surface area contributed by atoms with Crippen LogP contribution in [0.5, 0.6) is 0 Å². The number of hydrogen-bond acceptors (Lipinski definition) is 15. The molecule has 100 heavy (non-hydrogen) atoms. The molecule has 5 atom stereocenters. The second-order valence-electron chi connectivity index (χ2n) is 25.6. The van der Waals surface area contributed by atoms with Gasteiger partial charge in [-0.05, 0) is 128 Å². The Morgan fingerprint density at radius 2 is 0.550 bits per heavy atom. The lowest BCUT2D eigenvalue weighted by atomic mass is 10.1. The van der Waals surface area contributed by atoms with E-state index >= 15 is 0 Å². The molecule has 0 aliphatic rings. The maximum absolute atomic E-state index is 13.1. The summed E-state index contributed by atoms with van der Waals surface area (Å²) in [6, 6.07) is 0. The Kier molecular flexibility index (Phi) is 69.5. The first-order valence-corrected chi connectivity index (χ1v) is 41.8. The average Bonchev–Trinajstić information content (AvgIpc) is 0.937. The van der Waals surface area contributed by atoms with Crippen molar-refractivity contribution in [1.82, 2.24) is 0 Å². The van der Waals surface area contributed by atoms with E-state index in [-0.39, 0.29) is 25.7 Å². The molecule has 0 aromatic carbocycles. The van der Waals surface area contributed by atoms with Crippen molar-refractivity contribution in [3.05, 3.63) is 122 Å². The molecule has 0 saturated carbocycles. The van der Waals surface area contributed by atoms with E-state index in [9.17, 15) is 43.2 Å². The van der Waals surface area contributed by atoms with Gasteiger partial charge in [0, 0.05) is 25.7 Å². The SMILES string of the molecule is CC/C=C\C/C=C\C/C=C\C/C=C\C/C=C\CCCC(=O)OCC(COP(=O)(O)OCC(O)COP(=O)(O)OCC(COC(=O)CCCCCCCC/C=C\C/C=C\C/C=C\CCCCC)OC(=O)CCCCCCC/C=C\C/C=C\CCC)OC(=O)CCCCCCCCCCCCC. The second-order valence-corrected chi connectivity index (χ2v) is 28.5. The van der Waals surface area contributed by atoms with Gasteiger partial charge in [0.25, 0.3) is 0 Å². The summed E-state index contributed by atoms with van der Waals surface area (Å²) in [6.45, 7) is 4.57. The van der Waals surface area contributed by atoms with Gasteiger partial charge < -0.3 is 33.8 Å². The Hall–Kier alpha value is -4.54. The van der Waals surface area contributed by atoms with Crippen LogP contribution in [0, 0.1) is 0 Å². The van der Waals surface area contributed by atoms with Gasteiger partial charge in [-0.25, -0.2) is 9.13 Å². The third-order valence-corrected chi connectivity index (χ3v) is 17.8. The molecule has 0 aliphatic carbocycles. The number of aliphatic hydroxyl groups is 1. The van der Waals surface area contributed by atoms with Gasteiger partial charge in [-0.1, -0.05) is 278 Å². The third-order valence-electron chi connectivity index (χ3n) is 15.9. The van der Waals surface area contributed by atoms with Gasteiger partial charge in [-0.15, -0.1) is 0 Å². The first kappa shape index (κ1) is 95.5. The van der Waals surface area contributed by atoms with Gasteiger partial charge in [0.05, 0.1) is 26.4 Å². The molecule has 0 spiro atoms. The molecule has 0 fully saturated rings. The van der Waals surface area contributed by atoms with Crippen molar-refractivity contribution < 1.29 is 80.2 Å². The average molecular weight is 1450 g/mol. The van der Waals surface area contributed by atoms with Crippen LogP contribution in [-0.2, 0) is 65.4 Å². The minimum Gasteiger partial charge on any atom is -0.462 e. The summed E-state index contributed by atoms with van der Waals surface area (Å²) in [5.41, 5.74) is 0. The number of esters is 4. The summed E-state index contributed by atoms with van der Waals surface area (Å²) in [4.78, 5) is 72.8. The molecule has 0 bridgehead atoms. The molecule has 0 rings (SSSR count). The Balaban J connectivity index is 5.36. The lowest BCUT2D eigenvalue weighted by molar-refractivity contribution is -0.161. The van der Waals surface area contributed by atoms with Gasteiger partial charge in [0.2, 0.25) is 0 Å². The highest BCUT2D eigenvalue weighted by Gasteiger charge is 2.30. The number of hydrogen-bond donors (Lipinski definition) is 3. The van der Waals surface area contributed by atoms with Crippen LogP contribution in [0.4, 0.5) is 0 Å². The van der Waals surface area contributed by atoms with Crippen molar-refractivity contribution in [1.29, 1.82) is 0 Å². The smallest absolute Gasteiger partial charge is 0.462 e. The van der Waals surface area contributed by atoms with Crippen molar-refractivity contribution >= 4 is 39.5 Å². The highest BCUT2D eigenvalue weighted by molar-refractivity contribution is 7.47. The number of unbranched alkanes of at least 4 members (excludes halogenated alkanes) is 26. The Morgan fingerprint density at radius 1 is 0.290 bits per heavy atom. The maximum Gasteiger partial charge on any atom is 0.472 e. The number of phosphoric acid groups is 2. The zero-order chi connectivity index (χ0) is 73.2. The molecule has 0 aromatic rings. The molecule has 0 radical (unpaired) electrons. The quantitative estimate of drug-likeness (QED) is 0.0169. The minimum absolute atomic E-state index is 0.0730. The predicted molar refractivity (Wildman–Crippen MR) is 408 cm³/mol. The van der Waals surface area contributed by atoms with E-state index in [1.807, 2.05) is 12.2 Å². The minimum atomic E-state index is -4.99. The Bertz CT molecular complexity index is 2370. The van der Waals surface area contributed by atoms with Crippen LogP contribution in [0.15, 0.2) is 122 Å². The first-order valence-electron chi connectivity index (χ1n) is 38.8. The van der Waals surface area contributed by atoms with Crippen LogP contribution in [-0.4, -0.2) is 96.7 Å². The number of ether oxygens (including phenoxy) is 4. The van der Waals surface area contributed by atoms with Gasteiger partial charge in [0.15, 0.2) is 12.2 Å². The molecule has 574 valence electrons. The molecule has 0 saturated heterocycles. The third kappa shape index (κ3) is 71.8. The zero-order valence-electron chi connectivity index (χ0n) is 62.6. The van der Waals surface area contributed by atoms with Crippen LogP contribution in [0.1, 0.15) is 310 Å². The van der Waals surface area contributed by atoms with Crippen LogP contribution in [0.3, 0.4) is 0 Å². The van der Waals surface area contributed by atoms with Gasteiger partial charge in [-0.2, -0.15) is 0 Å². The van der Waals surface area contributed by atoms with Crippen LogP contribution < -0.4 is 0 Å². The topological polar surface area (TPSA) is 237 Å². The summed E-state index contributed by atoms with van der Waals surface area (Å²) >= 11 is 0. The van der Waals surface area contributed by atoms with Crippen molar-refractivity contribution in [2.45, 2.75) is 329 Å². The number of rotatable bonds is 72. The lowest BCUT2D eigenvalue weighted by Gasteiger charge is -2.21. The number of allylic oxidation sites excluding steroid dienone is 20. The van der Waals surface area contributed by atoms with Crippen LogP contribution >= 0.6 is 15.6 Å². The second kappa shape index (κ2) is 72.8. The normalized spacial score (nSPS) is 14.6. The largest absolute Gasteiger partial charge is 0.472 e. The number of aliphatic hydroxyl groups excluding tert-OH is 1. The van der Waals surface area contributed by atoms with Crippen molar-refractivity contribution in [3.8, 4) is 0 Å². The van der Waals surface area contributed by atoms with Crippen molar-refractivity contribution in [2.75, 3.05) is 39.6 Å². The van der Waals surface area contributed by atoms with Gasteiger partial charge >= 0.3 is 39.5 Å². The highest BCUT2D eigenvalue weighted by Crippen LogP contribution is 2.45. The fraction of sp³-hybridized carbons (Fsp3) is 0.704. The molecule has 3 N–H and O–H groups in total. The summed E-state index contributed by atoms with van der Waals surface area (Å²) in [6.07, 6.45) is 79.1. The summed E-state index contributed by atoms with van der Waals surface area (Å²) < 4.78 is 68.4. The molecule has 0 aromatic heterocycles.